The summed E-state index contributed by atoms with van der Waals surface area (Å²) >= 11 is 5.69. The number of aliphatic carboxylic acids is 1. The van der Waals surface area contributed by atoms with E-state index >= 15 is 0 Å². The monoisotopic (exact) mass is 302 g/mol. The molecule has 0 saturated heterocycles. The van der Waals surface area contributed by atoms with E-state index in [1.165, 1.54) is 12.1 Å². The molecule has 6 nitrogen and oxygen atoms in total. The second-order valence-corrected chi connectivity index (χ2v) is 4.37. The van der Waals surface area contributed by atoms with Crippen LogP contribution in [0.2, 0.25) is 5.02 Å². The lowest BCUT2D eigenvalue weighted by Gasteiger charge is -2.14. The Labute approximate surface area is 118 Å². The topological polar surface area (TPSA) is 109 Å². The number of nitrogens with one attached hydrogen (secondary N) is 1. The lowest BCUT2D eigenvalue weighted by atomic mass is 10.1. The molecule has 2 amide bonds. The number of carboxylic acid groups (broad SMARTS) is 1. The molecule has 0 radical (unpaired) electrons. The van der Waals surface area contributed by atoms with Crippen LogP contribution in [0.5, 0.6) is 0 Å². The molecular weight excluding hydrogens is 291 g/mol. The molecule has 0 aliphatic rings. The Hall–Kier alpha value is -2.15. The Morgan fingerprint density at radius 1 is 1.40 bits per heavy atom. The van der Waals surface area contributed by atoms with E-state index in [1.54, 1.807) is 0 Å². The van der Waals surface area contributed by atoms with Crippen molar-refractivity contribution in [3.05, 3.63) is 34.6 Å². The standard InChI is InChI=1S/C12H12ClFN2O4/c13-6-2-1-3-7(14)10(6)11(18)16-8(12(19)20)4-5-9(15)17/h1-3,8H,4-5H2,(H2,15,17)(H,16,18)(H,19,20)/t8-/m1/s1. The third-order valence-corrected chi connectivity index (χ3v) is 2.79. The van der Waals surface area contributed by atoms with Crippen molar-refractivity contribution in [1.82, 2.24) is 5.32 Å². The van der Waals surface area contributed by atoms with E-state index in [-0.39, 0.29) is 17.9 Å². The van der Waals surface area contributed by atoms with Crippen LogP contribution in [-0.2, 0) is 9.59 Å². The number of rotatable bonds is 6. The van der Waals surface area contributed by atoms with Crippen LogP contribution in [-0.4, -0.2) is 28.9 Å². The summed E-state index contributed by atoms with van der Waals surface area (Å²) in [6.45, 7) is 0. The molecule has 108 valence electrons. The molecule has 1 aromatic carbocycles. The van der Waals surface area contributed by atoms with Crippen LogP contribution in [0, 0.1) is 5.82 Å². The van der Waals surface area contributed by atoms with Gasteiger partial charge in [-0.2, -0.15) is 0 Å². The van der Waals surface area contributed by atoms with Crippen molar-refractivity contribution < 1.29 is 23.9 Å². The maximum Gasteiger partial charge on any atom is 0.326 e. The highest BCUT2D eigenvalue weighted by atomic mass is 35.5. The Morgan fingerprint density at radius 3 is 2.55 bits per heavy atom. The lowest BCUT2D eigenvalue weighted by molar-refractivity contribution is -0.139. The largest absolute Gasteiger partial charge is 0.480 e. The molecule has 0 saturated carbocycles. The Morgan fingerprint density at radius 2 is 2.05 bits per heavy atom. The van der Waals surface area contributed by atoms with Crippen LogP contribution in [0.15, 0.2) is 18.2 Å². The molecule has 0 unspecified atom stereocenters. The van der Waals surface area contributed by atoms with E-state index in [9.17, 15) is 18.8 Å². The molecule has 0 fully saturated rings. The molecule has 0 spiro atoms. The van der Waals surface area contributed by atoms with Gasteiger partial charge in [0.05, 0.1) is 10.6 Å². The number of benzene rings is 1. The van der Waals surface area contributed by atoms with Crippen LogP contribution in [0.3, 0.4) is 0 Å². The van der Waals surface area contributed by atoms with E-state index in [0.29, 0.717) is 0 Å². The number of primary amides is 1. The SMILES string of the molecule is NC(=O)CC[C@@H](NC(=O)c1c(F)cccc1Cl)C(=O)O. The molecule has 8 heteroatoms. The Balaban J connectivity index is 2.86. The zero-order chi connectivity index (χ0) is 15.3. The number of carboxylic acids is 1. The minimum atomic E-state index is -1.36. The summed E-state index contributed by atoms with van der Waals surface area (Å²) in [5, 5.41) is 10.9. The predicted molar refractivity (Wildman–Crippen MR) is 68.7 cm³/mol. The minimum Gasteiger partial charge on any atom is -0.480 e. The van der Waals surface area contributed by atoms with Crippen molar-refractivity contribution in [3.8, 4) is 0 Å². The van der Waals surface area contributed by atoms with Gasteiger partial charge < -0.3 is 16.2 Å². The number of carbonyl (C=O) groups excluding carboxylic acids is 2. The summed E-state index contributed by atoms with van der Waals surface area (Å²) in [7, 11) is 0. The summed E-state index contributed by atoms with van der Waals surface area (Å²) < 4.78 is 13.5. The average molecular weight is 303 g/mol. The molecular formula is C12H12ClFN2O4. The molecule has 0 heterocycles. The van der Waals surface area contributed by atoms with Gasteiger partial charge in [0.1, 0.15) is 11.9 Å². The normalized spacial score (nSPS) is 11.7. The maximum atomic E-state index is 13.5. The summed E-state index contributed by atoms with van der Waals surface area (Å²) in [6, 6.07) is 2.29. The molecule has 0 aliphatic heterocycles. The van der Waals surface area contributed by atoms with Crippen molar-refractivity contribution in [1.29, 1.82) is 0 Å². The highest BCUT2D eigenvalue weighted by molar-refractivity contribution is 6.33. The second kappa shape index (κ2) is 6.85. The fraction of sp³-hybridized carbons (Fsp3) is 0.250. The summed E-state index contributed by atoms with van der Waals surface area (Å²) in [6.07, 6.45) is -0.412. The first kappa shape index (κ1) is 15.9. The second-order valence-electron chi connectivity index (χ2n) is 3.97. The van der Waals surface area contributed by atoms with Crippen LogP contribution in [0.1, 0.15) is 23.2 Å². The van der Waals surface area contributed by atoms with E-state index in [2.05, 4.69) is 5.32 Å². The predicted octanol–water partition coefficient (Wildman–Crippen LogP) is 0.928. The van der Waals surface area contributed by atoms with E-state index < -0.39 is 35.2 Å². The van der Waals surface area contributed by atoms with Crippen LogP contribution in [0.4, 0.5) is 4.39 Å². The lowest BCUT2D eigenvalue weighted by Crippen LogP contribution is -2.41. The molecule has 0 aliphatic carbocycles. The zero-order valence-electron chi connectivity index (χ0n) is 10.2. The van der Waals surface area contributed by atoms with Crippen molar-refractivity contribution in [2.24, 2.45) is 5.73 Å². The first-order valence-corrected chi connectivity index (χ1v) is 5.96. The molecule has 20 heavy (non-hydrogen) atoms. The number of hydrogen-bond donors (Lipinski definition) is 3. The smallest absolute Gasteiger partial charge is 0.326 e. The van der Waals surface area contributed by atoms with Gasteiger partial charge in [0, 0.05) is 6.42 Å². The average Bonchev–Trinajstić information content (AvgIpc) is 2.33. The molecule has 0 aromatic heterocycles. The molecule has 1 atom stereocenters. The maximum absolute atomic E-state index is 13.5. The zero-order valence-corrected chi connectivity index (χ0v) is 11.0. The number of amides is 2. The number of halogens is 2. The van der Waals surface area contributed by atoms with Crippen molar-refractivity contribution in [2.45, 2.75) is 18.9 Å². The number of carbonyl (C=O) groups is 3. The minimum absolute atomic E-state index is 0.137. The number of nitrogens with two attached hydrogens (primary N) is 1. The highest BCUT2D eigenvalue weighted by Gasteiger charge is 2.24. The third kappa shape index (κ3) is 4.20. The van der Waals surface area contributed by atoms with Gasteiger partial charge in [-0.1, -0.05) is 17.7 Å². The first-order valence-electron chi connectivity index (χ1n) is 5.59. The van der Waals surface area contributed by atoms with Gasteiger partial charge in [-0.15, -0.1) is 0 Å². The van der Waals surface area contributed by atoms with Crippen molar-refractivity contribution in [2.75, 3.05) is 0 Å². The fourth-order valence-corrected chi connectivity index (χ4v) is 1.74. The van der Waals surface area contributed by atoms with E-state index in [1.807, 2.05) is 0 Å². The molecule has 1 rings (SSSR count). The quantitative estimate of drug-likeness (QED) is 0.726. The highest BCUT2D eigenvalue weighted by Crippen LogP contribution is 2.19. The van der Waals surface area contributed by atoms with Gasteiger partial charge in [0.25, 0.3) is 5.91 Å². The van der Waals surface area contributed by atoms with Gasteiger partial charge in [0.15, 0.2) is 0 Å². The van der Waals surface area contributed by atoms with Crippen LogP contribution >= 0.6 is 11.6 Å². The molecule has 0 bridgehead atoms. The molecule has 4 N–H and O–H groups in total. The van der Waals surface area contributed by atoms with Crippen LogP contribution in [0.25, 0.3) is 0 Å². The van der Waals surface area contributed by atoms with Gasteiger partial charge in [-0.05, 0) is 18.6 Å². The summed E-state index contributed by atoms with van der Waals surface area (Å²) in [5.74, 6) is -3.89. The van der Waals surface area contributed by atoms with Gasteiger partial charge >= 0.3 is 5.97 Å². The third-order valence-electron chi connectivity index (χ3n) is 2.47. The van der Waals surface area contributed by atoms with Crippen molar-refractivity contribution in [3.63, 3.8) is 0 Å². The first-order chi connectivity index (χ1) is 9.32. The van der Waals surface area contributed by atoms with Crippen LogP contribution < -0.4 is 11.1 Å². The Kier molecular flexibility index (Phi) is 5.45. The number of hydrogen-bond acceptors (Lipinski definition) is 3. The fourth-order valence-electron chi connectivity index (χ4n) is 1.49. The summed E-state index contributed by atoms with van der Waals surface area (Å²) in [5.41, 5.74) is 4.46. The van der Waals surface area contributed by atoms with Gasteiger partial charge in [-0.3, -0.25) is 9.59 Å². The van der Waals surface area contributed by atoms with E-state index in [0.717, 1.165) is 6.07 Å². The Bertz CT molecular complexity index is 530. The van der Waals surface area contributed by atoms with E-state index in [4.69, 9.17) is 22.4 Å². The van der Waals surface area contributed by atoms with Gasteiger partial charge in [0.2, 0.25) is 5.91 Å². The van der Waals surface area contributed by atoms with Crippen molar-refractivity contribution >= 4 is 29.4 Å². The summed E-state index contributed by atoms with van der Waals surface area (Å²) in [4.78, 5) is 33.4. The molecule has 1 aromatic rings. The van der Waals surface area contributed by atoms with Gasteiger partial charge in [-0.25, -0.2) is 9.18 Å².